The van der Waals surface area contributed by atoms with Crippen LogP contribution in [0.3, 0.4) is 0 Å². The first-order chi connectivity index (χ1) is 8.29. The van der Waals surface area contributed by atoms with E-state index < -0.39 is 0 Å². The molecule has 4 N–H and O–H groups in total. The van der Waals surface area contributed by atoms with E-state index in [2.05, 4.69) is 4.98 Å². The smallest absolute Gasteiger partial charge is 0.219 e. The van der Waals surface area contributed by atoms with Crippen LogP contribution in [0.15, 0.2) is 48.7 Å². The largest absolute Gasteiger partial charge is 0.439 e. The van der Waals surface area contributed by atoms with Crippen molar-refractivity contribution < 1.29 is 4.74 Å². The van der Waals surface area contributed by atoms with Crippen LogP contribution in [0.2, 0.25) is 0 Å². The van der Waals surface area contributed by atoms with Gasteiger partial charge in [-0.2, -0.15) is 0 Å². The molecule has 1 unspecified atom stereocenters. The Morgan fingerprint density at radius 3 is 2.47 bits per heavy atom. The third-order valence-electron chi connectivity index (χ3n) is 2.41. The molecule has 0 spiro atoms. The van der Waals surface area contributed by atoms with Crippen LogP contribution in [-0.2, 0) is 0 Å². The second-order valence-electron chi connectivity index (χ2n) is 3.69. The number of nitrogens with zero attached hydrogens (tertiary/aromatic N) is 1. The predicted octanol–water partition coefficient (Wildman–Crippen LogP) is 1.83. The first-order valence-electron chi connectivity index (χ1n) is 5.44. The van der Waals surface area contributed by atoms with Crippen molar-refractivity contribution >= 4 is 0 Å². The number of para-hydroxylation sites is 1. The molecular formula is C13H15N3O. The molecule has 0 aliphatic rings. The Bertz CT molecular complexity index is 456. The van der Waals surface area contributed by atoms with Gasteiger partial charge >= 0.3 is 0 Å². The Balaban J connectivity index is 2.08. The molecule has 88 valence electrons. The maximum Gasteiger partial charge on any atom is 0.219 e. The van der Waals surface area contributed by atoms with E-state index in [4.69, 9.17) is 16.2 Å². The highest BCUT2D eigenvalue weighted by molar-refractivity contribution is 5.28. The van der Waals surface area contributed by atoms with Crippen LogP contribution in [0, 0.1) is 0 Å². The lowest BCUT2D eigenvalue weighted by Crippen LogP contribution is -2.20. The van der Waals surface area contributed by atoms with Gasteiger partial charge in [-0.05, 0) is 17.7 Å². The van der Waals surface area contributed by atoms with Crippen LogP contribution in [0.4, 0.5) is 0 Å². The quantitative estimate of drug-likeness (QED) is 0.838. The molecule has 1 aromatic carbocycles. The average Bonchev–Trinajstić information content (AvgIpc) is 2.40. The lowest BCUT2D eigenvalue weighted by molar-refractivity contribution is 0.462. The first-order valence-corrected chi connectivity index (χ1v) is 5.44. The lowest BCUT2D eigenvalue weighted by Gasteiger charge is -2.09. The van der Waals surface area contributed by atoms with Crippen molar-refractivity contribution in [3.63, 3.8) is 0 Å². The number of ether oxygens (including phenoxy) is 1. The number of benzene rings is 1. The SMILES string of the molecule is NCC(N)c1ccc(Oc2ccccc2)nc1. The van der Waals surface area contributed by atoms with Crippen molar-refractivity contribution in [1.29, 1.82) is 0 Å². The van der Waals surface area contributed by atoms with Crippen molar-refractivity contribution in [2.75, 3.05) is 6.54 Å². The van der Waals surface area contributed by atoms with Crippen molar-refractivity contribution in [3.05, 3.63) is 54.2 Å². The van der Waals surface area contributed by atoms with Crippen molar-refractivity contribution in [2.45, 2.75) is 6.04 Å². The maximum atomic E-state index is 5.79. The lowest BCUT2D eigenvalue weighted by atomic mass is 10.1. The summed E-state index contributed by atoms with van der Waals surface area (Å²) in [5, 5.41) is 0. The summed E-state index contributed by atoms with van der Waals surface area (Å²) in [7, 11) is 0. The predicted molar refractivity (Wildman–Crippen MR) is 66.7 cm³/mol. The highest BCUT2D eigenvalue weighted by Crippen LogP contribution is 2.19. The Morgan fingerprint density at radius 2 is 1.88 bits per heavy atom. The third kappa shape index (κ3) is 3.03. The Labute approximate surface area is 100 Å². The highest BCUT2D eigenvalue weighted by atomic mass is 16.5. The summed E-state index contributed by atoms with van der Waals surface area (Å²) in [4.78, 5) is 4.19. The van der Waals surface area contributed by atoms with Gasteiger partial charge in [0.15, 0.2) is 0 Å². The molecule has 0 amide bonds. The third-order valence-corrected chi connectivity index (χ3v) is 2.41. The van der Waals surface area contributed by atoms with Crippen LogP contribution in [0.5, 0.6) is 11.6 Å². The molecule has 2 aromatic rings. The molecule has 0 saturated carbocycles. The number of hydrogen-bond acceptors (Lipinski definition) is 4. The number of pyridine rings is 1. The van der Waals surface area contributed by atoms with E-state index in [-0.39, 0.29) is 6.04 Å². The molecule has 0 aliphatic heterocycles. The summed E-state index contributed by atoms with van der Waals surface area (Å²) in [6, 6.07) is 13.0. The van der Waals surface area contributed by atoms with Crippen LogP contribution in [0.1, 0.15) is 11.6 Å². The van der Waals surface area contributed by atoms with Crippen molar-refractivity contribution in [3.8, 4) is 11.6 Å². The molecule has 0 radical (unpaired) electrons. The molecule has 0 aliphatic carbocycles. The molecule has 1 heterocycles. The molecular weight excluding hydrogens is 214 g/mol. The fraction of sp³-hybridized carbons (Fsp3) is 0.154. The molecule has 4 nitrogen and oxygen atoms in total. The summed E-state index contributed by atoms with van der Waals surface area (Å²) in [6.07, 6.45) is 1.69. The van der Waals surface area contributed by atoms with Gasteiger partial charge in [0, 0.05) is 24.8 Å². The minimum atomic E-state index is -0.173. The normalized spacial score (nSPS) is 12.1. The summed E-state index contributed by atoms with van der Waals surface area (Å²) >= 11 is 0. The van der Waals surface area contributed by atoms with Crippen LogP contribution >= 0.6 is 0 Å². The van der Waals surface area contributed by atoms with Crippen LogP contribution < -0.4 is 16.2 Å². The van der Waals surface area contributed by atoms with Crippen molar-refractivity contribution in [2.24, 2.45) is 11.5 Å². The summed E-state index contributed by atoms with van der Waals surface area (Å²) in [5.41, 5.74) is 12.2. The molecule has 4 heteroatoms. The standard InChI is InChI=1S/C13H15N3O/c14-8-12(15)10-6-7-13(16-9-10)17-11-4-2-1-3-5-11/h1-7,9,12H,8,14-15H2. The van der Waals surface area contributed by atoms with Gasteiger partial charge < -0.3 is 16.2 Å². The van der Waals surface area contributed by atoms with Gasteiger partial charge in [0.05, 0.1) is 0 Å². The topological polar surface area (TPSA) is 74.2 Å². The van der Waals surface area contributed by atoms with E-state index in [1.54, 1.807) is 12.3 Å². The van der Waals surface area contributed by atoms with E-state index in [1.807, 2.05) is 36.4 Å². The monoisotopic (exact) mass is 229 g/mol. The zero-order valence-corrected chi connectivity index (χ0v) is 9.41. The molecule has 0 fully saturated rings. The van der Waals surface area contributed by atoms with E-state index >= 15 is 0 Å². The Hall–Kier alpha value is -1.91. The molecule has 0 saturated heterocycles. The van der Waals surface area contributed by atoms with E-state index in [0.717, 1.165) is 11.3 Å². The zero-order chi connectivity index (χ0) is 12.1. The number of aromatic nitrogens is 1. The molecule has 17 heavy (non-hydrogen) atoms. The zero-order valence-electron chi connectivity index (χ0n) is 9.41. The summed E-state index contributed by atoms with van der Waals surface area (Å²) < 4.78 is 5.56. The molecule has 2 rings (SSSR count). The van der Waals surface area contributed by atoms with Gasteiger partial charge in [0.2, 0.25) is 5.88 Å². The fourth-order valence-electron chi connectivity index (χ4n) is 1.42. The molecule has 1 atom stereocenters. The van der Waals surface area contributed by atoms with Gasteiger partial charge in [0.1, 0.15) is 5.75 Å². The summed E-state index contributed by atoms with van der Waals surface area (Å²) in [5.74, 6) is 1.31. The van der Waals surface area contributed by atoms with Gasteiger partial charge in [-0.1, -0.05) is 24.3 Å². The Kier molecular flexibility index (Phi) is 3.69. The van der Waals surface area contributed by atoms with Crippen molar-refractivity contribution in [1.82, 2.24) is 4.98 Å². The molecule has 0 bridgehead atoms. The Morgan fingerprint density at radius 1 is 1.12 bits per heavy atom. The summed E-state index contributed by atoms with van der Waals surface area (Å²) in [6.45, 7) is 0.403. The van der Waals surface area contributed by atoms with E-state index in [9.17, 15) is 0 Å². The second-order valence-corrected chi connectivity index (χ2v) is 3.69. The van der Waals surface area contributed by atoms with Gasteiger partial charge in [-0.15, -0.1) is 0 Å². The van der Waals surface area contributed by atoms with Gasteiger partial charge in [-0.25, -0.2) is 4.98 Å². The number of rotatable bonds is 4. The van der Waals surface area contributed by atoms with Gasteiger partial charge in [-0.3, -0.25) is 0 Å². The number of hydrogen-bond donors (Lipinski definition) is 2. The van der Waals surface area contributed by atoms with Crippen LogP contribution in [0.25, 0.3) is 0 Å². The van der Waals surface area contributed by atoms with Gasteiger partial charge in [0.25, 0.3) is 0 Å². The van der Waals surface area contributed by atoms with Crippen LogP contribution in [-0.4, -0.2) is 11.5 Å². The maximum absolute atomic E-state index is 5.79. The fourth-order valence-corrected chi connectivity index (χ4v) is 1.42. The highest BCUT2D eigenvalue weighted by Gasteiger charge is 2.04. The van der Waals surface area contributed by atoms with E-state index in [1.165, 1.54) is 0 Å². The first kappa shape index (κ1) is 11.6. The second kappa shape index (κ2) is 5.43. The van der Waals surface area contributed by atoms with E-state index in [0.29, 0.717) is 12.4 Å². The number of nitrogens with two attached hydrogens (primary N) is 2. The average molecular weight is 229 g/mol. The minimum Gasteiger partial charge on any atom is -0.439 e. The minimum absolute atomic E-state index is 0.173. The molecule has 1 aromatic heterocycles.